The number of nitrogens with two attached hydrogens (primary N) is 1. The van der Waals surface area contributed by atoms with Crippen LogP contribution in [0.1, 0.15) is 45.4 Å². The molecule has 4 N–H and O–H groups in total. The second-order valence-corrected chi connectivity index (χ2v) is 3.92. The summed E-state index contributed by atoms with van der Waals surface area (Å²) in [5, 5.41) is 11.8. The minimum atomic E-state index is -0.287. The van der Waals surface area contributed by atoms with Crippen LogP contribution in [0.25, 0.3) is 0 Å². The molecule has 0 aliphatic heterocycles. The van der Waals surface area contributed by atoms with Crippen LogP contribution >= 0.6 is 0 Å². The van der Waals surface area contributed by atoms with E-state index >= 15 is 0 Å². The molecule has 1 atom stereocenters. The average molecular weight is 202 g/mol. The molecule has 0 saturated heterocycles. The molecule has 0 radical (unpaired) electrons. The highest BCUT2D eigenvalue weighted by atomic mass is 16.3. The van der Waals surface area contributed by atoms with Gasteiger partial charge in [-0.15, -0.1) is 0 Å². The van der Waals surface area contributed by atoms with E-state index in [2.05, 4.69) is 12.4 Å². The molecule has 3 nitrogen and oxygen atoms in total. The SMILES string of the molecule is CCC(O)CN.CNC1CCCCC1. The number of rotatable bonds is 3. The van der Waals surface area contributed by atoms with Gasteiger partial charge in [-0.1, -0.05) is 26.2 Å². The third-order valence-corrected chi connectivity index (χ3v) is 2.76. The molecule has 1 aliphatic rings. The quantitative estimate of drug-likeness (QED) is 0.645. The highest BCUT2D eigenvalue weighted by Crippen LogP contribution is 2.16. The second-order valence-electron chi connectivity index (χ2n) is 3.92. The Hall–Kier alpha value is -0.120. The highest BCUT2D eigenvalue weighted by molar-refractivity contribution is 4.68. The Balaban J connectivity index is 0.000000255. The zero-order valence-corrected chi connectivity index (χ0v) is 9.63. The Labute approximate surface area is 88.1 Å². The summed E-state index contributed by atoms with van der Waals surface area (Å²) in [5.74, 6) is 0. The van der Waals surface area contributed by atoms with Crippen molar-refractivity contribution < 1.29 is 5.11 Å². The number of aliphatic hydroxyl groups excluding tert-OH is 1. The summed E-state index contributed by atoms with van der Waals surface area (Å²) in [6.07, 6.45) is 7.60. The largest absolute Gasteiger partial charge is 0.392 e. The van der Waals surface area contributed by atoms with Crippen molar-refractivity contribution in [3.05, 3.63) is 0 Å². The standard InChI is InChI=1S/C7H15N.C4H11NO/c1-8-7-5-3-2-4-6-7;1-2-4(6)3-5/h7-8H,2-6H2,1H3;4,6H,2-3,5H2,1H3. The maximum absolute atomic E-state index is 8.54. The zero-order chi connectivity index (χ0) is 10.8. The van der Waals surface area contributed by atoms with Crippen molar-refractivity contribution in [2.75, 3.05) is 13.6 Å². The first-order valence-electron chi connectivity index (χ1n) is 5.80. The Morgan fingerprint density at radius 1 is 1.36 bits per heavy atom. The van der Waals surface area contributed by atoms with Crippen LogP contribution in [0.4, 0.5) is 0 Å². The van der Waals surface area contributed by atoms with E-state index in [0.717, 1.165) is 12.5 Å². The van der Waals surface area contributed by atoms with Crippen molar-refractivity contribution in [3.8, 4) is 0 Å². The van der Waals surface area contributed by atoms with E-state index in [9.17, 15) is 0 Å². The van der Waals surface area contributed by atoms with E-state index in [1.165, 1.54) is 32.1 Å². The fourth-order valence-electron chi connectivity index (χ4n) is 1.56. The number of hydrogen-bond acceptors (Lipinski definition) is 3. The number of aliphatic hydroxyl groups is 1. The third-order valence-electron chi connectivity index (χ3n) is 2.76. The van der Waals surface area contributed by atoms with Crippen molar-refractivity contribution >= 4 is 0 Å². The van der Waals surface area contributed by atoms with Gasteiger partial charge in [0.1, 0.15) is 0 Å². The lowest BCUT2D eigenvalue weighted by atomic mass is 9.96. The molecule has 0 aromatic rings. The fourth-order valence-corrected chi connectivity index (χ4v) is 1.56. The molecule has 3 heteroatoms. The van der Waals surface area contributed by atoms with Crippen molar-refractivity contribution in [1.82, 2.24) is 5.32 Å². The van der Waals surface area contributed by atoms with Gasteiger partial charge in [-0.3, -0.25) is 0 Å². The molecule has 1 unspecified atom stereocenters. The van der Waals surface area contributed by atoms with Crippen LogP contribution in [0.2, 0.25) is 0 Å². The summed E-state index contributed by atoms with van der Waals surface area (Å²) in [5.41, 5.74) is 5.03. The molecule has 0 aromatic heterocycles. The molecule has 0 amide bonds. The van der Waals surface area contributed by atoms with Gasteiger partial charge in [0.25, 0.3) is 0 Å². The van der Waals surface area contributed by atoms with E-state index in [4.69, 9.17) is 10.8 Å². The second kappa shape index (κ2) is 9.44. The molecule has 14 heavy (non-hydrogen) atoms. The molecular weight excluding hydrogens is 176 g/mol. The molecule has 0 bridgehead atoms. The van der Waals surface area contributed by atoms with E-state index in [1.807, 2.05) is 6.92 Å². The van der Waals surface area contributed by atoms with Crippen LogP contribution in [-0.2, 0) is 0 Å². The Bertz CT molecular complexity index is 110. The fraction of sp³-hybridized carbons (Fsp3) is 1.00. The normalized spacial score (nSPS) is 19.7. The van der Waals surface area contributed by atoms with Gasteiger partial charge in [-0.25, -0.2) is 0 Å². The monoisotopic (exact) mass is 202 g/mol. The van der Waals surface area contributed by atoms with Gasteiger partial charge < -0.3 is 16.2 Å². The van der Waals surface area contributed by atoms with Crippen molar-refractivity contribution in [2.24, 2.45) is 5.73 Å². The summed E-state index contributed by atoms with van der Waals surface area (Å²) in [6.45, 7) is 2.29. The maximum atomic E-state index is 8.54. The maximum Gasteiger partial charge on any atom is 0.0659 e. The molecule has 1 saturated carbocycles. The molecule has 1 rings (SSSR count). The Morgan fingerprint density at radius 3 is 2.14 bits per heavy atom. The van der Waals surface area contributed by atoms with Crippen LogP contribution in [0.15, 0.2) is 0 Å². The Morgan fingerprint density at radius 2 is 1.93 bits per heavy atom. The Kier molecular flexibility index (Phi) is 9.35. The molecular formula is C11H26N2O. The van der Waals surface area contributed by atoms with Crippen LogP contribution in [0.3, 0.4) is 0 Å². The van der Waals surface area contributed by atoms with Gasteiger partial charge in [0.2, 0.25) is 0 Å². The first-order valence-corrected chi connectivity index (χ1v) is 5.80. The van der Waals surface area contributed by atoms with Crippen LogP contribution < -0.4 is 11.1 Å². The number of nitrogens with one attached hydrogen (secondary N) is 1. The van der Waals surface area contributed by atoms with Gasteiger partial charge in [-0.2, -0.15) is 0 Å². The third kappa shape index (κ3) is 7.30. The van der Waals surface area contributed by atoms with Crippen LogP contribution in [0.5, 0.6) is 0 Å². The molecule has 0 spiro atoms. The molecule has 1 fully saturated rings. The summed E-state index contributed by atoms with van der Waals surface area (Å²) < 4.78 is 0. The predicted octanol–water partition coefficient (Wildman–Crippen LogP) is 1.25. The van der Waals surface area contributed by atoms with Crippen molar-refractivity contribution in [3.63, 3.8) is 0 Å². The van der Waals surface area contributed by atoms with Gasteiger partial charge in [0.05, 0.1) is 6.10 Å². The van der Waals surface area contributed by atoms with Crippen LogP contribution in [0, 0.1) is 0 Å². The van der Waals surface area contributed by atoms with E-state index < -0.39 is 0 Å². The molecule has 86 valence electrons. The predicted molar refractivity (Wildman–Crippen MR) is 61.3 cm³/mol. The lowest BCUT2D eigenvalue weighted by Crippen LogP contribution is -2.26. The van der Waals surface area contributed by atoms with Gasteiger partial charge in [0.15, 0.2) is 0 Å². The molecule has 0 aromatic carbocycles. The van der Waals surface area contributed by atoms with E-state index in [-0.39, 0.29) is 6.10 Å². The summed E-state index contributed by atoms with van der Waals surface area (Å²) in [7, 11) is 2.07. The van der Waals surface area contributed by atoms with Gasteiger partial charge >= 0.3 is 0 Å². The van der Waals surface area contributed by atoms with Crippen molar-refractivity contribution in [2.45, 2.75) is 57.6 Å². The summed E-state index contributed by atoms with van der Waals surface area (Å²) in [4.78, 5) is 0. The van der Waals surface area contributed by atoms with E-state index in [1.54, 1.807) is 0 Å². The van der Waals surface area contributed by atoms with Crippen LogP contribution in [-0.4, -0.2) is 30.8 Å². The summed E-state index contributed by atoms with van der Waals surface area (Å²) >= 11 is 0. The zero-order valence-electron chi connectivity index (χ0n) is 9.63. The van der Waals surface area contributed by atoms with E-state index in [0.29, 0.717) is 6.54 Å². The average Bonchev–Trinajstić information content (AvgIpc) is 2.30. The summed E-state index contributed by atoms with van der Waals surface area (Å²) in [6, 6.07) is 0.837. The lowest BCUT2D eigenvalue weighted by Gasteiger charge is -2.20. The number of hydrogen-bond donors (Lipinski definition) is 3. The van der Waals surface area contributed by atoms with Crippen molar-refractivity contribution in [1.29, 1.82) is 0 Å². The smallest absolute Gasteiger partial charge is 0.0659 e. The molecule has 0 heterocycles. The highest BCUT2D eigenvalue weighted by Gasteiger charge is 2.09. The van der Waals surface area contributed by atoms with Gasteiger partial charge in [-0.05, 0) is 26.3 Å². The topological polar surface area (TPSA) is 58.3 Å². The van der Waals surface area contributed by atoms with Gasteiger partial charge in [0, 0.05) is 12.6 Å². The minimum Gasteiger partial charge on any atom is -0.392 e. The first kappa shape index (κ1) is 13.9. The first-order chi connectivity index (χ1) is 6.74. The minimum absolute atomic E-state index is 0.287. The molecule has 1 aliphatic carbocycles. The lowest BCUT2D eigenvalue weighted by molar-refractivity contribution is 0.179.